The maximum atomic E-state index is 13.9. The topological polar surface area (TPSA) is 101 Å². The molecule has 0 saturated carbocycles. The van der Waals surface area contributed by atoms with E-state index in [4.69, 9.17) is 4.74 Å². The highest BCUT2D eigenvalue weighted by Crippen LogP contribution is 2.56. The average molecular weight is 510 g/mol. The van der Waals surface area contributed by atoms with E-state index >= 15 is 0 Å². The SMILES string of the molecule is CCOc1cccc([C@H]2C3=CC[C@@H]4C(=O)N(c5ccccc5)C(=O)[C@@H]4[C@@H]3CC3=C2C(=O)C=C(C)C3=O)c1O. The summed E-state index contributed by atoms with van der Waals surface area (Å²) < 4.78 is 5.61. The van der Waals surface area contributed by atoms with Gasteiger partial charge in [-0.15, -0.1) is 0 Å². The average Bonchev–Trinajstić information content (AvgIpc) is 3.18. The molecule has 1 fully saturated rings. The Morgan fingerprint density at radius 3 is 2.47 bits per heavy atom. The Hall–Kier alpha value is -4.26. The number of anilines is 1. The first-order valence-corrected chi connectivity index (χ1v) is 12.9. The molecule has 3 aliphatic carbocycles. The van der Waals surface area contributed by atoms with Crippen molar-refractivity contribution in [2.45, 2.75) is 32.6 Å². The molecule has 0 radical (unpaired) electrons. The number of para-hydroxylation sites is 2. The third-order valence-electron chi connectivity index (χ3n) is 8.22. The molecule has 7 heteroatoms. The van der Waals surface area contributed by atoms with E-state index in [-0.39, 0.29) is 41.3 Å². The minimum absolute atomic E-state index is 0.0962. The number of Topliss-reactive ketones (excluding diaryl/α,β-unsaturated/α-hetero) is 1. The Labute approximate surface area is 220 Å². The number of imide groups is 1. The molecule has 2 aromatic carbocycles. The summed E-state index contributed by atoms with van der Waals surface area (Å²) in [5.74, 6) is -3.25. The minimum Gasteiger partial charge on any atom is -0.504 e. The summed E-state index contributed by atoms with van der Waals surface area (Å²) in [6.45, 7) is 3.77. The van der Waals surface area contributed by atoms with Gasteiger partial charge < -0.3 is 9.84 Å². The summed E-state index contributed by atoms with van der Waals surface area (Å²) in [7, 11) is 0. The number of rotatable bonds is 4. The fourth-order valence-corrected chi connectivity index (χ4v) is 6.61. The predicted octanol–water partition coefficient (Wildman–Crippen LogP) is 4.43. The van der Waals surface area contributed by atoms with Crippen LogP contribution < -0.4 is 9.64 Å². The lowest BCUT2D eigenvalue weighted by Gasteiger charge is -2.42. The quantitative estimate of drug-likeness (QED) is 0.372. The number of benzene rings is 2. The Kier molecular flexibility index (Phi) is 5.67. The number of carbonyl (C=O) groups is 4. The number of phenols is 1. The molecule has 6 rings (SSSR count). The normalized spacial score (nSPS) is 26.5. The zero-order valence-corrected chi connectivity index (χ0v) is 21.1. The van der Waals surface area contributed by atoms with Gasteiger partial charge in [-0.05, 0) is 56.9 Å². The lowest BCUT2D eigenvalue weighted by molar-refractivity contribution is -0.123. The molecule has 4 atom stereocenters. The van der Waals surface area contributed by atoms with Crippen LogP contribution in [0.3, 0.4) is 0 Å². The molecule has 1 aliphatic heterocycles. The largest absolute Gasteiger partial charge is 0.504 e. The number of aromatic hydroxyl groups is 1. The first-order valence-electron chi connectivity index (χ1n) is 12.9. The lowest BCUT2D eigenvalue weighted by atomic mass is 9.59. The molecule has 2 amide bonds. The Morgan fingerprint density at radius 1 is 0.974 bits per heavy atom. The number of allylic oxidation sites excluding steroid dienone is 6. The summed E-state index contributed by atoms with van der Waals surface area (Å²) in [6, 6.07) is 14.0. The number of ketones is 2. The van der Waals surface area contributed by atoms with Gasteiger partial charge >= 0.3 is 0 Å². The van der Waals surface area contributed by atoms with Gasteiger partial charge in [0.05, 0.1) is 24.1 Å². The van der Waals surface area contributed by atoms with E-state index in [9.17, 15) is 24.3 Å². The summed E-state index contributed by atoms with van der Waals surface area (Å²) in [6.07, 6.45) is 3.83. The van der Waals surface area contributed by atoms with E-state index in [0.29, 0.717) is 41.0 Å². The van der Waals surface area contributed by atoms with Crippen LogP contribution in [0.25, 0.3) is 0 Å². The number of nitrogens with zero attached hydrogens (tertiary/aromatic N) is 1. The van der Waals surface area contributed by atoms with Crippen molar-refractivity contribution in [2.75, 3.05) is 11.5 Å². The number of hydrogen-bond acceptors (Lipinski definition) is 6. The van der Waals surface area contributed by atoms with Gasteiger partial charge in [-0.2, -0.15) is 0 Å². The second-order valence-electron chi connectivity index (χ2n) is 10.2. The minimum atomic E-state index is -0.723. The van der Waals surface area contributed by atoms with E-state index in [1.54, 1.807) is 49.4 Å². The molecule has 1 N–H and O–H groups in total. The first-order chi connectivity index (χ1) is 18.3. The van der Waals surface area contributed by atoms with Crippen molar-refractivity contribution in [3.63, 3.8) is 0 Å². The van der Waals surface area contributed by atoms with Gasteiger partial charge in [-0.1, -0.05) is 42.0 Å². The van der Waals surface area contributed by atoms with Crippen LogP contribution in [0.15, 0.2) is 83.0 Å². The third-order valence-corrected chi connectivity index (χ3v) is 8.22. The third kappa shape index (κ3) is 3.41. The molecule has 0 spiro atoms. The number of amides is 2. The molecule has 0 unspecified atom stereocenters. The number of phenolic OH excluding ortho intramolecular Hbond substituents is 1. The second kappa shape index (κ2) is 8.94. The first kappa shape index (κ1) is 24.1. The lowest BCUT2D eigenvalue weighted by Crippen LogP contribution is -2.39. The number of carbonyl (C=O) groups excluding carboxylic acids is 4. The van der Waals surface area contributed by atoms with Crippen LogP contribution in [0.4, 0.5) is 5.69 Å². The summed E-state index contributed by atoms with van der Waals surface area (Å²) in [4.78, 5) is 55.4. The van der Waals surface area contributed by atoms with Gasteiger partial charge in [0.15, 0.2) is 23.1 Å². The summed E-state index contributed by atoms with van der Waals surface area (Å²) >= 11 is 0. The maximum Gasteiger partial charge on any atom is 0.238 e. The molecular formula is C31H27NO6. The summed E-state index contributed by atoms with van der Waals surface area (Å²) in [5, 5.41) is 11.2. The van der Waals surface area contributed by atoms with Gasteiger partial charge in [-0.3, -0.25) is 24.1 Å². The van der Waals surface area contributed by atoms with Crippen LogP contribution in [0, 0.1) is 17.8 Å². The number of fused-ring (bicyclic) bond motifs is 3. The Balaban J connectivity index is 1.51. The second-order valence-corrected chi connectivity index (χ2v) is 10.2. The van der Waals surface area contributed by atoms with E-state index in [1.807, 2.05) is 19.1 Å². The van der Waals surface area contributed by atoms with Crippen molar-refractivity contribution in [1.82, 2.24) is 0 Å². The monoisotopic (exact) mass is 509 g/mol. The maximum absolute atomic E-state index is 13.9. The van der Waals surface area contributed by atoms with Crippen LogP contribution in [-0.2, 0) is 19.2 Å². The molecule has 38 heavy (non-hydrogen) atoms. The highest BCUT2D eigenvalue weighted by molar-refractivity contribution is 6.25. The van der Waals surface area contributed by atoms with Crippen molar-refractivity contribution in [2.24, 2.45) is 17.8 Å². The van der Waals surface area contributed by atoms with Gasteiger partial charge in [-0.25, -0.2) is 0 Å². The highest BCUT2D eigenvalue weighted by atomic mass is 16.5. The number of ether oxygens (including phenoxy) is 1. The fraction of sp³-hybridized carbons (Fsp3) is 0.290. The van der Waals surface area contributed by atoms with Crippen molar-refractivity contribution in [1.29, 1.82) is 0 Å². The van der Waals surface area contributed by atoms with Crippen LogP contribution >= 0.6 is 0 Å². The number of hydrogen-bond donors (Lipinski definition) is 1. The Morgan fingerprint density at radius 2 is 1.74 bits per heavy atom. The molecule has 0 bridgehead atoms. The van der Waals surface area contributed by atoms with Crippen molar-refractivity contribution >= 4 is 29.1 Å². The van der Waals surface area contributed by atoms with Gasteiger partial charge in [0.25, 0.3) is 0 Å². The zero-order valence-electron chi connectivity index (χ0n) is 21.1. The van der Waals surface area contributed by atoms with E-state index in [1.165, 1.54) is 11.0 Å². The Bertz CT molecular complexity index is 1500. The predicted molar refractivity (Wildman–Crippen MR) is 140 cm³/mol. The van der Waals surface area contributed by atoms with E-state index in [2.05, 4.69) is 0 Å². The smallest absolute Gasteiger partial charge is 0.238 e. The van der Waals surface area contributed by atoms with Crippen molar-refractivity contribution in [3.8, 4) is 11.5 Å². The standard InChI is InChI=1S/C31H27NO6/c1-3-38-24-11-7-10-19(29(24)35)25-18-12-13-20-26(31(37)32(30(20)36)17-8-5-4-6-9-17)21(18)15-22-27(25)23(33)14-16(2)28(22)34/h4-12,14,20-21,25-26,35H,3,13,15H2,1-2H3/t20-,21+,25+,26-/m0/s1. The van der Waals surface area contributed by atoms with Crippen LogP contribution in [-0.4, -0.2) is 35.1 Å². The van der Waals surface area contributed by atoms with Crippen LogP contribution in [0.2, 0.25) is 0 Å². The molecule has 1 saturated heterocycles. The molecule has 0 aromatic heterocycles. The van der Waals surface area contributed by atoms with Gasteiger partial charge in [0, 0.05) is 28.2 Å². The van der Waals surface area contributed by atoms with E-state index in [0.717, 1.165) is 5.57 Å². The fourth-order valence-electron chi connectivity index (χ4n) is 6.61. The molecular weight excluding hydrogens is 482 g/mol. The van der Waals surface area contributed by atoms with Crippen LogP contribution in [0.5, 0.6) is 11.5 Å². The van der Waals surface area contributed by atoms with Crippen molar-refractivity contribution in [3.05, 3.63) is 88.5 Å². The van der Waals surface area contributed by atoms with Gasteiger partial charge in [0.2, 0.25) is 11.8 Å². The van der Waals surface area contributed by atoms with Crippen molar-refractivity contribution < 1.29 is 29.0 Å². The molecule has 7 nitrogen and oxygen atoms in total. The highest BCUT2D eigenvalue weighted by Gasteiger charge is 2.56. The molecule has 1 heterocycles. The van der Waals surface area contributed by atoms with E-state index < -0.39 is 23.7 Å². The summed E-state index contributed by atoms with van der Waals surface area (Å²) in [5.41, 5.74) is 2.81. The molecule has 192 valence electrons. The van der Waals surface area contributed by atoms with Crippen LogP contribution in [0.1, 0.15) is 38.2 Å². The van der Waals surface area contributed by atoms with Gasteiger partial charge in [0.1, 0.15) is 0 Å². The molecule has 2 aromatic rings. The molecule has 4 aliphatic rings. The zero-order chi connectivity index (χ0) is 26.7.